The molecule has 0 unspecified atom stereocenters. The van der Waals surface area contributed by atoms with Gasteiger partial charge in [0.05, 0.1) is 12.8 Å². The number of aromatic carboxylic acids is 1. The van der Waals surface area contributed by atoms with Gasteiger partial charge in [0.15, 0.2) is 0 Å². The summed E-state index contributed by atoms with van der Waals surface area (Å²) in [5, 5.41) is 15.2. The van der Waals surface area contributed by atoms with Crippen LogP contribution in [0, 0.1) is 0 Å². The first-order valence-corrected chi connectivity index (χ1v) is 5.75. The molecule has 0 aliphatic heterocycles. The minimum atomic E-state index is -1.05. The van der Waals surface area contributed by atoms with Gasteiger partial charge in [-0.15, -0.1) is 0 Å². The lowest BCUT2D eigenvalue weighted by Gasteiger charge is -1.97. The van der Waals surface area contributed by atoms with Crippen molar-refractivity contribution in [1.29, 1.82) is 0 Å². The molecule has 0 atom stereocenters. The Hall–Kier alpha value is -2.89. The van der Waals surface area contributed by atoms with Crippen LogP contribution in [-0.2, 0) is 9.53 Å². The number of hydrogen-bond donors (Lipinski definition) is 2. The van der Waals surface area contributed by atoms with Gasteiger partial charge in [-0.05, 0) is 17.7 Å². The second-order valence-corrected chi connectivity index (χ2v) is 3.95. The van der Waals surface area contributed by atoms with Gasteiger partial charge in [0.1, 0.15) is 5.69 Å². The summed E-state index contributed by atoms with van der Waals surface area (Å²) in [4.78, 5) is 21.7. The van der Waals surface area contributed by atoms with Crippen molar-refractivity contribution in [3.05, 3.63) is 47.7 Å². The molecule has 2 N–H and O–H groups in total. The van der Waals surface area contributed by atoms with Gasteiger partial charge < -0.3 is 9.84 Å². The van der Waals surface area contributed by atoms with Crippen LogP contribution in [0.2, 0.25) is 0 Å². The molecule has 20 heavy (non-hydrogen) atoms. The van der Waals surface area contributed by atoms with Crippen LogP contribution in [0.4, 0.5) is 0 Å². The Morgan fingerprint density at radius 3 is 2.55 bits per heavy atom. The predicted octanol–water partition coefficient (Wildman–Crippen LogP) is 1.96. The number of ether oxygens (including phenoxy) is 1. The van der Waals surface area contributed by atoms with Crippen molar-refractivity contribution in [2.75, 3.05) is 7.11 Å². The van der Waals surface area contributed by atoms with Crippen molar-refractivity contribution >= 4 is 18.0 Å². The van der Waals surface area contributed by atoms with Crippen LogP contribution in [0.5, 0.6) is 0 Å². The maximum Gasteiger partial charge on any atom is 0.353 e. The molecule has 1 aromatic carbocycles. The molecule has 102 valence electrons. The number of methoxy groups -OCH3 is 1. The molecule has 1 heterocycles. The van der Waals surface area contributed by atoms with E-state index in [9.17, 15) is 9.59 Å². The van der Waals surface area contributed by atoms with E-state index in [1.165, 1.54) is 19.3 Å². The lowest BCUT2D eigenvalue weighted by atomic mass is 10.1. The fourth-order valence-electron chi connectivity index (χ4n) is 1.58. The van der Waals surface area contributed by atoms with Crippen LogP contribution in [0.15, 0.2) is 36.4 Å². The lowest BCUT2D eigenvalue weighted by Crippen LogP contribution is -1.95. The molecule has 0 aliphatic carbocycles. The number of hydrogen-bond acceptors (Lipinski definition) is 4. The van der Waals surface area contributed by atoms with Crippen molar-refractivity contribution < 1.29 is 19.4 Å². The summed E-state index contributed by atoms with van der Waals surface area (Å²) >= 11 is 0. The highest BCUT2D eigenvalue weighted by molar-refractivity contribution is 5.87. The summed E-state index contributed by atoms with van der Waals surface area (Å²) in [6, 6.07) is 8.63. The first kappa shape index (κ1) is 13.5. The summed E-state index contributed by atoms with van der Waals surface area (Å²) in [5.74, 6) is -1.48. The molecule has 6 heteroatoms. The van der Waals surface area contributed by atoms with Gasteiger partial charge in [-0.1, -0.05) is 24.3 Å². The molecule has 0 saturated carbocycles. The van der Waals surface area contributed by atoms with E-state index in [2.05, 4.69) is 14.9 Å². The fourth-order valence-corrected chi connectivity index (χ4v) is 1.58. The minimum Gasteiger partial charge on any atom is -0.477 e. The standard InChI is InChI=1S/C14H12N2O4/c1-20-13(17)7-4-9-2-5-10(6-3-9)11-8-12(14(18)19)16-15-11/h2-8H,1H3,(H,15,16)(H,18,19). The second kappa shape index (κ2) is 5.83. The highest BCUT2D eigenvalue weighted by Gasteiger charge is 2.08. The van der Waals surface area contributed by atoms with Crippen molar-refractivity contribution in [1.82, 2.24) is 10.2 Å². The van der Waals surface area contributed by atoms with Crippen LogP contribution >= 0.6 is 0 Å². The molecule has 0 radical (unpaired) electrons. The molecule has 0 spiro atoms. The number of esters is 1. The Kier molecular flexibility index (Phi) is 3.95. The van der Waals surface area contributed by atoms with Gasteiger partial charge in [0.2, 0.25) is 0 Å². The van der Waals surface area contributed by atoms with Crippen LogP contribution in [-0.4, -0.2) is 34.4 Å². The maximum absolute atomic E-state index is 11.0. The molecule has 2 rings (SSSR count). The van der Waals surface area contributed by atoms with E-state index in [-0.39, 0.29) is 5.69 Å². The van der Waals surface area contributed by atoms with E-state index in [1.807, 2.05) is 0 Å². The van der Waals surface area contributed by atoms with Gasteiger partial charge in [0.25, 0.3) is 0 Å². The van der Waals surface area contributed by atoms with E-state index in [1.54, 1.807) is 30.3 Å². The molecule has 1 aromatic heterocycles. The van der Waals surface area contributed by atoms with Gasteiger partial charge in [-0.2, -0.15) is 5.10 Å². The molecule has 0 aliphatic rings. The first-order chi connectivity index (χ1) is 9.60. The number of rotatable bonds is 4. The zero-order valence-corrected chi connectivity index (χ0v) is 10.7. The monoisotopic (exact) mass is 272 g/mol. The largest absolute Gasteiger partial charge is 0.477 e. The Balaban J connectivity index is 2.17. The van der Waals surface area contributed by atoms with E-state index in [0.29, 0.717) is 5.69 Å². The van der Waals surface area contributed by atoms with Crippen molar-refractivity contribution in [3.63, 3.8) is 0 Å². The topological polar surface area (TPSA) is 92.3 Å². The van der Waals surface area contributed by atoms with Crippen LogP contribution in [0.1, 0.15) is 16.1 Å². The molecular weight excluding hydrogens is 260 g/mol. The normalized spacial score (nSPS) is 10.7. The average Bonchev–Trinajstić information content (AvgIpc) is 2.95. The number of carbonyl (C=O) groups excluding carboxylic acids is 1. The zero-order valence-electron chi connectivity index (χ0n) is 10.7. The third-order valence-corrected chi connectivity index (χ3v) is 2.63. The number of aromatic nitrogens is 2. The lowest BCUT2D eigenvalue weighted by molar-refractivity contribution is -0.134. The Morgan fingerprint density at radius 2 is 2.00 bits per heavy atom. The molecule has 0 fully saturated rings. The van der Waals surface area contributed by atoms with Gasteiger partial charge in [-0.25, -0.2) is 9.59 Å². The number of benzene rings is 1. The summed E-state index contributed by atoms with van der Waals surface area (Å²) in [6.07, 6.45) is 2.95. The minimum absolute atomic E-state index is 0.0367. The quantitative estimate of drug-likeness (QED) is 0.655. The number of H-pyrrole nitrogens is 1. The van der Waals surface area contributed by atoms with Crippen LogP contribution in [0.25, 0.3) is 17.3 Å². The fraction of sp³-hybridized carbons (Fsp3) is 0.0714. The van der Waals surface area contributed by atoms with Crippen molar-refractivity contribution in [2.45, 2.75) is 0 Å². The van der Waals surface area contributed by atoms with E-state index >= 15 is 0 Å². The number of carboxylic acid groups (broad SMARTS) is 1. The van der Waals surface area contributed by atoms with Gasteiger partial charge >= 0.3 is 11.9 Å². The molecule has 2 aromatic rings. The van der Waals surface area contributed by atoms with Gasteiger partial charge in [0, 0.05) is 11.6 Å². The smallest absolute Gasteiger partial charge is 0.353 e. The van der Waals surface area contributed by atoms with E-state index < -0.39 is 11.9 Å². The summed E-state index contributed by atoms with van der Waals surface area (Å²) in [7, 11) is 1.31. The number of carbonyl (C=O) groups is 2. The zero-order chi connectivity index (χ0) is 14.5. The van der Waals surface area contributed by atoms with Crippen LogP contribution < -0.4 is 0 Å². The summed E-state index contributed by atoms with van der Waals surface area (Å²) in [6.45, 7) is 0. The third-order valence-electron chi connectivity index (χ3n) is 2.63. The Bertz CT molecular complexity index is 656. The van der Waals surface area contributed by atoms with Crippen molar-refractivity contribution in [3.8, 4) is 11.3 Å². The SMILES string of the molecule is COC(=O)C=Cc1ccc(-c2cc(C(=O)O)[nH]n2)cc1. The predicted molar refractivity (Wildman–Crippen MR) is 72.0 cm³/mol. The number of carboxylic acids is 1. The van der Waals surface area contributed by atoms with Crippen molar-refractivity contribution in [2.24, 2.45) is 0 Å². The first-order valence-electron chi connectivity index (χ1n) is 5.75. The molecular formula is C14H12N2O4. The molecule has 0 amide bonds. The van der Waals surface area contributed by atoms with Crippen LogP contribution in [0.3, 0.4) is 0 Å². The third kappa shape index (κ3) is 3.11. The highest BCUT2D eigenvalue weighted by Crippen LogP contribution is 2.18. The van der Waals surface area contributed by atoms with Gasteiger partial charge in [-0.3, -0.25) is 5.10 Å². The Labute approximate surface area is 114 Å². The number of nitrogens with zero attached hydrogens (tertiary/aromatic N) is 1. The number of aromatic amines is 1. The molecule has 0 bridgehead atoms. The van der Waals surface area contributed by atoms with E-state index in [4.69, 9.17) is 5.11 Å². The second-order valence-electron chi connectivity index (χ2n) is 3.95. The summed E-state index contributed by atoms with van der Waals surface area (Å²) in [5.41, 5.74) is 2.19. The molecule has 0 saturated heterocycles. The van der Waals surface area contributed by atoms with E-state index in [0.717, 1.165) is 11.1 Å². The Morgan fingerprint density at radius 1 is 1.30 bits per heavy atom. The average molecular weight is 272 g/mol. The summed E-state index contributed by atoms with van der Waals surface area (Å²) < 4.78 is 4.49. The number of nitrogens with one attached hydrogen (secondary N) is 1. The highest BCUT2D eigenvalue weighted by atomic mass is 16.5. The maximum atomic E-state index is 11.0. The molecule has 6 nitrogen and oxygen atoms in total.